The van der Waals surface area contributed by atoms with Crippen LogP contribution < -0.4 is 5.32 Å². The maximum Gasteiger partial charge on any atom is 0.324 e. The Labute approximate surface area is 101 Å². The van der Waals surface area contributed by atoms with Gasteiger partial charge >= 0.3 is 6.03 Å². The molecular formula is C11H19N3O3. The normalized spacial score (nSPS) is 26.4. The van der Waals surface area contributed by atoms with E-state index in [1.165, 1.54) is 4.90 Å². The summed E-state index contributed by atoms with van der Waals surface area (Å²) in [5.74, 6) is 0.192. The van der Waals surface area contributed by atoms with Crippen molar-refractivity contribution in [3.05, 3.63) is 0 Å². The molecule has 1 unspecified atom stereocenters. The van der Waals surface area contributed by atoms with Crippen LogP contribution in [0.4, 0.5) is 4.79 Å². The highest BCUT2D eigenvalue weighted by Crippen LogP contribution is 2.15. The number of urea groups is 1. The number of nitrogens with one attached hydrogen (secondary N) is 1. The van der Waals surface area contributed by atoms with Crippen LogP contribution in [0.5, 0.6) is 0 Å². The summed E-state index contributed by atoms with van der Waals surface area (Å²) in [5.41, 5.74) is 0. The number of hydrogen-bond acceptors (Lipinski definition) is 4. The number of carbonyl (C=O) groups is 2. The molecule has 0 aromatic heterocycles. The van der Waals surface area contributed by atoms with E-state index in [9.17, 15) is 9.59 Å². The van der Waals surface area contributed by atoms with Gasteiger partial charge in [-0.2, -0.15) is 0 Å². The van der Waals surface area contributed by atoms with E-state index in [1.54, 1.807) is 0 Å². The molecule has 0 radical (unpaired) electrons. The standard InChI is InChI=1S/C11H19N3O3/c15-8-9-2-1-3-13(7-9)4-5-14-10(16)6-12-11(14)17/h9,15H,1-8H2,(H,12,17). The Kier molecular flexibility index (Phi) is 3.96. The number of rotatable bonds is 4. The van der Waals surface area contributed by atoms with Gasteiger partial charge in [-0.15, -0.1) is 0 Å². The van der Waals surface area contributed by atoms with E-state index in [4.69, 9.17) is 5.11 Å². The molecule has 6 heteroatoms. The van der Waals surface area contributed by atoms with Crippen molar-refractivity contribution < 1.29 is 14.7 Å². The smallest absolute Gasteiger partial charge is 0.324 e. The first-order valence-corrected chi connectivity index (χ1v) is 6.12. The van der Waals surface area contributed by atoms with Gasteiger partial charge in [-0.3, -0.25) is 9.69 Å². The van der Waals surface area contributed by atoms with Crippen molar-refractivity contribution in [2.24, 2.45) is 5.92 Å². The minimum absolute atomic E-state index is 0.123. The van der Waals surface area contributed by atoms with Crippen LogP contribution in [0.15, 0.2) is 0 Å². The van der Waals surface area contributed by atoms with Gasteiger partial charge in [0.25, 0.3) is 0 Å². The van der Waals surface area contributed by atoms with Crippen molar-refractivity contribution in [3.8, 4) is 0 Å². The fourth-order valence-electron chi connectivity index (χ4n) is 2.43. The van der Waals surface area contributed by atoms with Gasteiger partial charge in [0.15, 0.2) is 0 Å². The molecule has 0 aromatic rings. The zero-order valence-corrected chi connectivity index (χ0v) is 9.89. The maximum atomic E-state index is 11.4. The van der Waals surface area contributed by atoms with Gasteiger partial charge in [-0.25, -0.2) is 4.79 Å². The quantitative estimate of drug-likeness (QED) is 0.635. The molecule has 0 aliphatic carbocycles. The van der Waals surface area contributed by atoms with E-state index < -0.39 is 0 Å². The second-order valence-corrected chi connectivity index (χ2v) is 4.70. The fourth-order valence-corrected chi connectivity index (χ4v) is 2.43. The number of amides is 3. The average molecular weight is 241 g/mol. The SMILES string of the molecule is O=C1CNC(=O)N1CCN1CCCC(CO)C1. The van der Waals surface area contributed by atoms with Crippen LogP contribution in [0.1, 0.15) is 12.8 Å². The predicted molar refractivity (Wildman–Crippen MR) is 61.4 cm³/mol. The summed E-state index contributed by atoms with van der Waals surface area (Å²) < 4.78 is 0. The van der Waals surface area contributed by atoms with Crippen LogP contribution in [0.25, 0.3) is 0 Å². The van der Waals surface area contributed by atoms with Crippen LogP contribution in [-0.4, -0.2) is 66.2 Å². The molecular weight excluding hydrogens is 222 g/mol. The number of hydrogen-bond donors (Lipinski definition) is 2. The van der Waals surface area contributed by atoms with E-state index in [0.29, 0.717) is 19.0 Å². The largest absolute Gasteiger partial charge is 0.396 e. The van der Waals surface area contributed by atoms with Gasteiger partial charge in [-0.05, 0) is 25.3 Å². The highest BCUT2D eigenvalue weighted by atomic mass is 16.3. The van der Waals surface area contributed by atoms with E-state index in [1.807, 2.05) is 0 Å². The number of piperidine rings is 1. The number of nitrogens with zero attached hydrogens (tertiary/aromatic N) is 2. The van der Waals surface area contributed by atoms with Crippen LogP contribution in [0, 0.1) is 5.92 Å². The van der Waals surface area contributed by atoms with Crippen LogP contribution in [0.2, 0.25) is 0 Å². The summed E-state index contributed by atoms with van der Waals surface area (Å²) >= 11 is 0. The lowest BCUT2D eigenvalue weighted by atomic mass is 9.99. The minimum Gasteiger partial charge on any atom is -0.396 e. The van der Waals surface area contributed by atoms with Crippen molar-refractivity contribution in [1.29, 1.82) is 0 Å². The average Bonchev–Trinajstić information content (AvgIpc) is 2.67. The monoisotopic (exact) mass is 241 g/mol. The molecule has 2 aliphatic heterocycles. The third-order valence-corrected chi connectivity index (χ3v) is 3.44. The molecule has 2 fully saturated rings. The van der Waals surface area contributed by atoms with Gasteiger partial charge in [0.1, 0.15) is 0 Å². The summed E-state index contributed by atoms with van der Waals surface area (Å²) in [6, 6.07) is -0.286. The first-order chi connectivity index (χ1) is 8.20. The van der Waals surface area contributed by atoms with Crippen molar-refractivity contribution in [3.63, 3.8) is 0 Å². The van der Waals surface area contributed by atoms with Crippen molar-refractivity contribution >= 4 is 11.9 Å². The van der Waals surface area contributed by atoms with Crippen LogP contribution in [0.3, 0.4) is 0 Å². The third kappa shape index (κ3) is 2.95. The second-order valence-electron chi connectivity index (χ2n) is 4.70. The molecule has 3 amide bonds. The molecule has 0 spiro atoms. The minimum atomic E-state index is -0.286. The first-order valence-electron chi connectivity index (χ1n) is 6.12. The number of imide groups is 1. The molecule has 0 saturated carbocycles. The lowest BCUT2D eigenvalue weighted by Crippen LogP contribution is -2.43. The Balaban J connectivity index is 1.77. The number of carbonyl (C=O) groups excluding carboxylic acids is 2. The third-order valence-electron chi connectivity index (χ3n) is 3.44. The zero-order chi connectivity index (χ0) is 12.3. The molecule has 96 valence electrons. The van der Waals surface area contributed by atoms with Crippen molar-refractivity contribution in [2.75, 3.05) is 39.3 Å². The highest BCUT2D eigenvalue weighted by molar-refractivity contribution is 6.01. The molecule has 2 saturated heterocycles. The van der Waals surface area contributed by atoms with Gasteiger partial charge in [-0.1, -0.05) is 0 Å². The summed E-state index contributed by atoms with van der Waals surface area (Å²) in [6.07, 6.45) is 2.14. The lowest BCUT2D eigenvalue weighted by Gasteiger charge is -2.32. The molecule has 17 heavy (non-hydrogen) atoms. The summed E-state index contributed by atoms with van der Waals surface area (Å²) in [4.78, 5) is 26.2. The molecule has 2 heterocycles. The highest BCUT2D eigenvalue weighted by Gasteiger charge is 2.29. The Morgan fingerprint density at radius 1 is 1.35 bits per heavy atom. The second kappa shape index (κ2) is 5.46. The summed E-state index contributed by atoms with van der Waals surface area (Å²) in [7, 11) is 0. The number of aliphatic hydroxyl groups excluding tert-OH is 1. The fraction of sp³-hybridized carbons (Fsp3) is 0.818. The summed E-state index contributed by atoms with van der Waals surface area (Å²) in [6.45, 7) is 3.34. The number of likely N-dealkylation sites (tertiary alicyclic amines) is 1. The summed E-state index contributed by atoms with van der Waals surface area (Å²) in [5, 5.41) is 11.6. The van der Waals surface area contributed by atoms with Gasteiger partial charge in [0, 0.05) is 26.2 Å². The predicted octanol–water partition coefficient (Wildman–Crippen LogP) is -0.757. The van der Waals surface area contributed by atoms with Crippen molar-refractivity contribution in [2.45, 2.75) is 12.8 Å². The lowest BCUT2D eigenvalue weighted by molar-refractivity contribution is -0.125. The van der Waals surface area contributed by atoms with E-state index >= 15 is 0 Å². The maximum absolute atomic E-state index is 11.4. The Morgan fingerprint density at radius 2 is 2.18 bits per heavy atom. The van der Waals surface area contributed by atoms with E-state index in [2.05, 4.69) is 10.2 Å². The Hall–Kier alpha value is -1.14. The number of aliphatic hydroxyl groups is 1. The topological polar surface area (TPSA) is 72.9 Å². The van der Waals surface area contributed by atoms with Crippen molar-refractivity contribution in [1.82, 2.24) is 15.1 Å². The van der Waals surface area contributed by atoms with Crippen LogP contribution in [-0.2, 0) is 4.79 Å². The van der Waals surface area contributed by atoms with Gasteiger partial charge in [0.05, 0.1) is 6.54 Å². The van der Waals surface area contributed by atoms with E-state index in [0.717, 1.165) is 25.9 Å². The molecule has 2 N–H and O–H groups in total. The van der Waals surface area contributed by atoms with Crippen LogP contribution >= 0.6 is 0 Å². The molecule has 6 nitrogen and oxygen atoms in total. The molecule has 0 bridgehead atoms. The Bertz CT molecular complexity index is 292. The first kappa shape index (κ1) is 12.3. The zero-order valence-electron chi connectivity index (χ0n) is 9.89. The molecule has 2 aliphatic rings. The van der Waals surface area contributed by atoms with E-state index in [-0.39, 0.29) is 25.1 Å². The Morgan fingerprint density at radius 3 is 2.82 bits per heavy atom. The van der Waals surface area contributed by atoms with Gasteiger partial charge in [0.2, 0.25) is 5.91 Å². The molecule has 0 aromatic carbocycles. The molecule has 1 atom stereocenters. The van der Waals surface area contributed by atoms with Gasteiger partial charge < -0.3 is 15.3 Å². The molecule has 2 rings (SSSR count).